The summed E-state index contributed by atoms with van der Waals surface area (Å²) in [6, 6.07) is 23.1. The summed E-state index contributed by atoms with van der Waals surface area (Å²) >= 11 is 1.22. The molecule has 0 radical (unpaired) electrons. The summed E-state index contributed by atoms with van der Waals surface area (Å²) in [5, 5.41) is 4.88. The van der Waals surface area contributed by atoms with Crippen LogP contribution < -0.4 is 24.4 Å². The van der Waals surface area contributed by atoms with Crippen molar-refractivity contribution in [3.8, 4) is 28.4 Å². The molecule has 0 bridgehead atoms. The molecule has 1 atom stereocenters. The van der Waals surface area contributed by atoms with Crippen molar-refractivity contribution in [3.63, 3.8) is 0 Å². The molecule has 0 aliphatic carbocycles. The van der Waals surface area contributed by atoms with Crippen LogP contribution in [-0.2, 0) is 14.3 Å². The minimum atomic E-state index is -0.842. The molecule has 5 aromatic rings. The Hall–Kier alpha value is -5.81. The van der Waals surface area contributed by atoms with Gasteiger partial charge in [0.05, 0.1) is 34.6 Å². The lowest BCUT2D eigenvalue weighted by Gasteiger charge is -2.24. The number of ether oxygens (including phenoxy) is 3. The summed E-state index contributed by atoms with van der Waals surface area (Å²) in [7, 11) is 1.61. The zero-order chi connectivity index (χ0) is 33.1. The van der Waals surface area contributed by atoms with Crippen molar-refractivity contribution in [2.24, 2.45) is 4.99 Å². The van der Waals surface area contributed by atoms with Crippen LogP contribution in [-0.4, -0.2) is 40.0 Å². The van der Waals surface area contributed by atoms with Gasteiger partial charge in [0.25, 0.3) is 5.56 Å². The monoisotopic (exact) mass is 646 g/mol. The zero-order valence-electron chi connectivity index (χ0n) is 25.9. The molecule has 1 unspecified atom stereocenters. The molecule has 6 rings (SSSR count). The Kier molecular flexibility index (Phi) is 8.81. The number of aromatic nitrogens is 3. The number of benzene rings is 3. The molecule has 1 aliphatic rings. The maximum atomic E-state index is 14.3. The Balaban J connectivity index is 1.52. The summed E-state index contributed by atoms with van der Waals surface area (Å²) in [4.78, 5) is 44.3. The van der Waals surface area contributed by atoms with Gasteiger partial charge in [0, 0.05) is 24.2 Å². The number of para-hydroxylation sites is 1. The van der Waals surface area contributed by atoms with Gasteiger partial charge in [-0.2, -0.15) is 5.10 Å². The van der Waals surface area contributed by atoms with Crippen molar-refractivity contribution in [1.82, 2.24) is 14.3 Å². The number of nitrogens with zero attached hydrogens (tertiary/aromatic N) is 4. The molecule has 47 heavy (non-hydrogen) atoms. The van der Waals surface area contributed by atoms with E-state index >= 15 is 0 Å². The first-order chi connectivity index (χ1) is 22.8. The number of hydrogen-bond acceptors (Lipinski definition) is 9. The number of thiazole rings is 1. The molecule has 236 valence electrons. The van der Waals surface area contributed by atoms with Crippen LogP contribution in [0.4, 0.5) is 0 Å². The fourth-order valence-electron chi connectivity index (χ4n) is 5.31. The third kappa shape index (κ3) is 6.34. The molecule has 2 aromatic heterocycles. The van der Waals surface area contributed by atoms with Gasteiger partial charge in [-0.25, -0.2) is 14.5 Å². The van der Waals surface area contributed by atoms with E-state index in [2.05, 4.69) is 11.6 Å². The number of fused-ring (bicyclic) bond motifs is 1. The van der Waals surface area contributed by atoms with E-state index in [1.165, 1.54) is 28.9 Å². The van der Waals surface area contributed by atoms with Crippen LogP contribution in [0.25, 0.3) is 23.0 Å². The van der Waals surface area contributed by atoms with Crippen molar-refractivity contribution in [1.29, 1.82) is 0 Å². The number of rotatable bonds is 9. The minimum Gasteiger partial charge on any atom is -0.497 e. The van der Waals surface area contributed by atoms with Crippen LogP contribution in [0.2, 0.25) is 0 Å². The van der Waals surface area contributed by atoms with Gasteiger partial charge in [0.15, 0.2) is 4.80 Å². The topological polar surface area (TPSA) is 114 Å². The Morgan fingerprint density at radius 1 is 1.00 bits per heavy atom. The average molecular weight is 647 g/mol. The molecule has 1 aliphatic heterocycles. The lowest BCUT2D eigenvalue weighted by atomic mass is 9.96. The molecule has 3 aromatic carbocycles. The SMILES string of the molecule is C=CCOC(=O)C1=C(C)N=c2sc(=Cc3cn(-c4ccccc4)nc3-c3ccc(OC)cc3)c(=O)n2C1c1ccc(OC(C)=O)cc1. The molecule has 0 amide bonds. The fraction of sp³-hybridized carbons (Fsp3) is 0.139. The molecular formula is C36H30N4O6S. The largest absolute Gasteiger partial charge is 0.497 e. The van der Waals surface area contributed by atoms with Gasteiger partial charge in [-0.05, 0) is 67.1 Å². The van der Waals surface area contributed by atoms with Crippen molar-refractivity contribution in [2.75, 3.05) is 13.7 Å². The number of carbonyl (C=O) groups excluding carboxylic acids is 2. The van der Waals surface area contributed by atoms with Crippen LogP contribution >= 0.6 is 11.3 Å². The first-order valence-electron chi connectivity index (χ1n) is 14.7. The Bertz CT molecular complexity index is 2190. The van der Waals surface area contributed by atoms with Crippen LogP contribution in [0.3, 0.4) is 0 Å². The highest BCUT2D eigenvalue weighted by atomic mass is 32.1. The zero-order valence-corrected chi connectivity index (χ0v) is 26.7. The second kappa shape index (κ2) is 13.3. The van der Waals surface area contributed by atoms with Gasteiger partial charge in [-0.1, -0.05) is 54.3 Å². The Morgan fingerprint density at radius 2 is 1.70 bits per heavy atom. The van der Waals surface area contributed by atoms with E-state index in [4.69, 9.17) is 19.3 Å². The summed E-state index contributed by atoms with van der Waals surface area (Å²) < 4.78 is 19.7. The van der Waals surface area contributed by atoms with E-state index in [0.717, 1.165) is 11.3 Å². The first kappa shape index (κ1) is 31.2. The lowest BCUT2D eigenvalue weighted by Crippen LogP contribution is -2.39. The predicted octanol–water partition coefficient (Wildman–Crippen LogP) is 4.75. The van der Waals surface area contributed by atoms with Crippen molar-refractivity contribution in [3.05, 3.63) is 140 Å². The molecule has 0 saturated carbocycles. The van der Waals surface area contributed by atoms with Gasteiger partial charge in [-0.3, -0.25) is 14.2 Å². The molecule has 11 heteroatoms. The summed E-state index contributed by atoms with van der Waals surface area (Å²) in [5.41, 5.74) is 4.02. The van der Waals surface area contributed by atoms with Gasteiger partial charge in [0.1, 0.15) is 23.8 Å². The Morgan fingerprint density at radius 3 is 2.36 bits per heavy atom. The third-order valence-corrected chi connectivity index (χ3v) is 8.43. The molecule has 0 N–H and O–H groups in total. The quantitative estimate of drug-likeness (QED) is 0.129. The molecular weight excluding hydrogens is 616 g/mol. The Labute approximate surface area is 273 Å². The van der Waals surface area contributed by atoms with Crippen molar-refractivity contribution >= 4 is 29.4 Å². The fourth-order valence-corrected chi connectivity index (χ4v) is 6.35. The van der Waals surface area contributed by atoms with Crippen molar-refractivity contribution in [2.45, 2.75) is 19.9 Å². The lowest BCUT2D eigenvalue weighted by molar-refractivity contribution is -0.138. The van der Waals surface area contributed by atoms with Gasteiger partial charge in [0.2, 0.25) is 0 Å². The number of hydrogen-bond donors (Lipinski definition) is 0. The minimum absolute atomic E-state index is 0.00230. The second-order valence-corrected chi connectivity index (χ2v) is 11.6. The second-order valence-electron chi connectivity index (χ2n) is 10.6. The first-order valence-corrected chi connectivity index (χ1v) is 15.5. The van der Waals surface area contributed by atoms with Gasteiger partial charge in [-0.15, -0.1) is 0 Å². The van der Waals surface area contributed by atoms with Gasteiger partial charge < -0.3 is 14.2 Å². The van der Waals surface area contributed by atoms with E-state index in [9.17, 15) is 14.4 Å². The number of methoxy groups -OCH3 is 1. The van der Waals surface area contributed by atoms with E-state index in [-0.39, 0.29) is 17.7 Å². The maximum absolute atomic E-state index is 14.3. The molecule has 0 spiro atoms. The molecule has 0 fully saturated rings. The normalized spacial score (nSPS) is 14.3. The average Bonchev–Trinajstić information content (AvgIpc) is 3.64. The molecule has 0 saturated heterocycles. The van der Waals surface area contributed by atoms with E-state index in [1.807, 2.05) is 60.8 Å². The number of esters is 2. The van der Waals surface area contributed by atoms with Crippen LogP contribution in [0.5, 0.6) is 11.5 Å². The third-order valence-electron chi connectivity index (χ3n) is 7.44. The number of carbonyl (C=O) groups is 2. The highest BCUT2D eigenvalue weighted by molar-refractivity contribution is 7.07. The van der Waals surface area contributed by atoms with E-state index in [1.54, 1.807) is 49.1 Å². The predicted molar refractivity (Wildman–Crippen MR) is 178 cm³/mol. The molecule has 10 nitrogen and oxygen atoms in total. The highest BCUT2D eigenvalue weighted by Crippen LogP contribution is 2.32. The van der Waals surface area contributed by atoms with Crippen LogP contribution in [0.15, 0.2) is 119 Å². The summed E-state index contributed by atoms with van der Waals surface area (Å²) in [6.45, 7) is 6.66. The van der Waals surface area contributed by atoms with E-state index < -0.39 is 18.0 Å². The van der Waals surface area contributed by atoms with E-state index in [0.29, 0.717) is 43.4 Å². The van der Waals surface area contributed by atoms with Crippen molar-refractivity contribution < 1.29 is 23.8 Å². The molecule has 3 heterocycles. The highest BCUT2D eigenvalue weighted by Gasteiger charge is 2.33. The number of allylic oxidation sites excluding steroid dienone is 1. The van der Waals surface area contributed by atoms with Crippen LogP contribution in [0, 0.1) is 0 Å². The maximum Gasteiger partial charge on any atom is 0.338 e. The van der Waals surface area contributed by atoms with Crippen LogP contribution in [0.1, 0.15) is 31.0 Å². The summed E-state index contributed by atoms with van der Waals surface area (Å²) in [6.07, 6.45) is 5.15. The smallest absolute Gasteiger partial charge is 0.338 e. The summed E-state index contributed by atoms with van der Waals surface area (Å²) in [5.74, 6) is -0.0170. The van der Waals surface area contributed by atoms with Gasteiger partial charge >= 0.3 is 11.9 Å². The standard InChI is InChI=1S/C36H30N4O6S/c1-5-19-45-35(43)31-22(2)37-36-40(33(31)25-13-17-29(18-14-25)46-23(3)41)34(42)30(47-36)20-26-21-39(27-9-7-6-8-10-27)38-32(26)24-11-15-28(44-4)16-12-24/h5-18,20-21,33H,1,19H2,2-4H3.